The summed E-state index contributed by atoms with van der Waals surface area (Å²) < 4.78 is 51.6. The van der Waals surface area contributed by atoms with E-state index in [1.807, 2.05) is 0 Å². The van der Waals surface area contributed by atoms with Gasteiger partial charge in [0.25, 0.3) is 12.3 Å². The number of nitrogens with zero attached hydrogens (tertiary/aromatic N) is 3. The molecule has 1 fully saturated rings. The highest BCUT2D eigenvalue weighted by Crippen LogP contribution is 2.35. The summed E-state index contributed by atoms with van der Waals surface area (Å²) in [5.74, 6) is -3.30. The molecular weight excluding hydrogens is 286 g/mol. The minimum atomic E-state index is -2.81. The lowest BCUT2D eigenvalue weighted by Gasteiger charge is -2.37. The first kappa shape index (κ1) is 14.3. The Labute approximate surface area is 112 Å². The highest BCUT2D eigenvalue weighted by atomic mass is 35.5. The summed E-state index contributed by atoms with van der Waals surface area (Å²) in [7, 11) is 0. The second kappa shape index (κ2) is 5.11. The van der Waals surface area contributed by atoms with E-state index in [2.05, 4.69) is 9.97 Å². The predicted molar refractivity (Wildman–Crippen MR) is 62.9 cm³/mol. The monoisotopic (exact) mass is 297 g/mol. The molecule has 8 heteroatoms. The fourth-order valence-corrected chi connectivity index (χ4v) is 2.18. The summed E-state index contributed by atoms with van der Waals surface area (Å²) >= 11 is 5.61. The van der Waals surface area contributed by atoms with E-state index < -0.39 is 29.1 Å². The first-order valence-corrected chi connectivity index (χ1v) is 6.12. The molecule has 1 aliphatic rings. The summed E-state index contributed by atoms with van der Waals surface area (Å²) in [5, 5.41) is -0.391. The zero-order valence-electron chi connectivity index (χ0n) is 10.1. The molecule has 0 aliphatic carbocycles. The van der Waals surface area contributed by atoms with Gasteiger partial charge in [0.05, 0.1) is 6.20 Å². The summed E-state index contributed by atoms with van der Waals surface area (Å²) in [6, 6.07) is 0. The normalized spacial score (nSPS) is 22.9. The number of piperidine rings is 1. The maximum Gasteiger partial charge on any atom is 0.283 e. The molecule has 1 saturated heterocycles. The van der Waals surface area contributed by atoms with Crippen LogP contribution in [0, 0.1) is 5.92 Å². The van der Waals surface area contributed by atoms with Crippen molar-refractivity contribution in [1.29, 1.82) is 0 Å². The molecule has 0 N–H and O–H groups in total. The number of hydrogen-bond acceptors (Lipinski definition) is 3. The molecule has 1 aliphatic heterocycles. The van der Waals surface area contributed by atoms with Gasteiger partial charge in [-0.3, -0.25) is 0 Å². The van der Waals surface area contributed by atoms with Crippen molar-refractivity contribution in [2.45, 2.75) is 25.7 Å². The average Bonchev–Trinajstić information content (AvgIpc) is 2.32. The van der Waals surface area contributed by atoms with E-state index in [-0.39, 0.29) is 25.3 Å². The topological polar surface area (TPSA) is 29.0 Å². The molecule has 0 spiro atoms. The van der Waals surface area contributed by atoms with Crippen molar-refractivity contribution in [3.63, 3.8) is 0 Å². The standard InChI is InChI=1S/C11H12ClF4N3/c1-6-5-19(3-2-11(6,15)16)7-4-17-8(10(13)14)9(12)18-7/h4,6,10H,2-3,5H2,1H3. The molecule has 2 heterocycles. The van der Waals surface area contributed by atoms with Crippen molar-refractivity contribution >= 4 is 17.4 Å². The Balaban J connectivity index is 2.18. The van der Waals surface area contributed by atoms with E-state index in [4.69, 9.17) is 11.6 Å². The molecule has 1 atom stereocenters. The molecule has 0 radical (unpaired) electrons. The third-order valence-electron chi connectivity index (χ3n) is 3.20. The molecule has 0 saturated carbocycles. The number of hydrogen-bond donors (Lipinski definition) is 0. The van der Waals surface area contributed by atoms with E-state index in [9.17, 15) is 17.6 Å². The number of aromatic nitrogens is 2. The van der Waals surface area contributed by atoms with Gasteiger partial charge in [-0.1, -0.05) is 18.5 Å². The van der Waals surface area contributed by atoms with E-state index in [1.165, 1.54) is 6.92 Å². The zero-order chi connectivity index (χ0) is 14.2. The summed E-state index contributed by atoms with van der Waals surface area (Å²) in [6.07, 6.45) is -1.97. The number of anilines is 1. The van der Waals surface area contributed by atoms with Crippen LogP contribution in [0.3, 0.4) is 0 Å². The van der Waals surface area contributed by atoms with Gasteiger partial charge in [0, 0.05) is 25.4 Å². The van der Waals surface area contributed by atoms with E-state index in [1.54, 1.807) is 4.90 Å². The first-order valence-electron chi connectivity index (χ1n) is 5.74. The summed E-state index contributed by atoms with van der Waals surface area (Å²) in [4.78, 5) is 8.92. The zero-order valence-corrected chi connectivity index (χ0v) is 10.8. The third-order valence-corrected chi connectivity index (χ3v) is 3.48. The van der Waals surface area contributed by atoms with E-state index >= 15 is 0 Å². The fourth-order valence-electron chi connectivity index (χ4n) is 1.96. The van der Waals surface area contributed by atoms with E-state index in [0.29, 0.717) is 0 Å². The van der Waals surface area contributed by atoms with Gasteiger partial charge in [-0.25, -0.2) is 27.5 Å². The van der Waals surface area contributed by atoms with Crippen LogP contribution < -0.4 is 4.90 Å². The molecule has 0 bridgehead atoms. The average molecular weight is 298 g/mol. The smallest absolute Gasteiger partial charge is 0.283 e. The maximum atomic E-state index is 13.3. The molecule has 3 nitrogen and oxygen atoms in total. The molecule has 1 aromatic rings. The lowest BCUT2D eigenvalue weighted by Crippen LogP contribution is -2.46. The molecule has 19 heavy (non-hydrogen) atoms. The Kier molecular flexibility index (Phi) is 3.85. The van der Waals surface area contributed by atoms with Crippen molar-refractivity contribution in [3.05, 3.63) is 17.0 Å². The molecule has 1 unspecified atom stereocenters. The molecule has 2 rings (SSSR count). The largest absolute Gasteiger partial charge is 0.355 e. The van der Waals surface area contributed by atoms with Crippen LogP contribution in [0.15, 0.2) is 6.20 Å². The Morgan fingerprint density at radius 3 is 2.68 bits per heavy atom. The van der Waals surface area contributed by atoms with Crippen LogP contribution in [0.25, 0.3) is 0 Å². The second-order valence-corrected chi connectivity index (χ2v) is 4.92. The van der Waals surface area contributed by atoms with Crippen molar-refractivity contribution in [2.24, 2.45) is 5.92 Å². The molecule has 1 aromatic heterocycles. The summed E-state index contributed by atoms with van der Waals surface area (Å²) in [6.45, 7) is 1.62. The Morgan fingerprint density at radius 1 is 1.47 bits per heavy atom. The molecule has 0 amide bonds. The lowest BCUT2D eigenvalue weighted by molar-refractivity contribution is -0.0652. The highest BCUT2D eigenvalue weighted by molar-refractivity contribution is 6.30. The number of alkyl halides is 4. The highest BCUT2D eigenvalue weighted by Gasteiger charge is 2.41. The van der Waals surface area contributed by atoms with E-state index in [0.717, 1.165) is 6.20 Å². The lowest BCUT2D eigenvalue weighted by atomic mass is 9.95. The van der Waals surface area contributed by atoms with Crippen molar-refractivity contribution in [1.82, 2.24) is 9.97 Å². The van der Waals surface area contributed by atoms with Crippen LogP contribution in [0.4, 0.5) is 23.4 Å². The van der Waals surface area contributed by atoms with Gasteiger partial charge >= 0.3 is 0 Å². The Morgan fingerprint density at radius 2 is 2.16 bits per heavy atom. The second-order valence-electron chi connectivity index (χ2n) is 4.56. The quantitative estimate of drug-likeness (QED) is 0.782. The maximum absolute atomic E-state index is 13.3. The van der Waals surface area contributed by atoms with Crippen LogP contribution in [-0.4, -0.2) is 29.0 Å². The van der Waals surface area contributed by atoms with Gasteiger partial charge in [-0.2, -0.15) is 0 Å². The van der Waals surface area contributed by atoms with Crippen molar-refractivity contribution in [2.75, 3.05) is 18.0 Å². The van der Waals surface area contributed by atoms with Gasteiger partial charge < -0.3 is 4.90 Å². The van der Waals surface area contributed by atoms with Crippen LogP contribution >= 0.6 is 11.6 Å². The van der Waals surface area contributed by atoms with Crippen LogP contribution in [-0.2, 0) is 0 Å². The van der Waals surface area contributed by atoms with Crippen molar-refractivity contribution in [3.8, 4) is 0 Å². The van der Waals surface area contributed by atoms with Gasteiger partial charge in [0.1, 0.15) is 11.5 Å². The Bertz CT molecular complexity index is 469. The molecule has 106 valence electrons. The van der Waals surface area contributed by atoms with Gasteiger partial charge in [0.2, 0.25) is 0 Å². The van der Waals surface area contributed by atoms with Gasteiger partial charge in [0.15, 0.2) is 5.15 Å². The fraction of sp³-hybridized carbons (Fsp3) is 0.636. The molecule has 0 aromatic carbocycles. The van der Waals surface area contributed by atoms with Crippen LogP contribution in [0.1, 0.15) is 25.5 Å². The Hall–Kier alpha value is -1.11. The number of halogens is 5. The third kappa shape index (κ3) is 2.91. The summed E-state index contributed by atoms with van der Waals surface area (Å²) in [5.41, 5.74) is -0.596. The first-order chi connectivity index (χ1) is 8.81. The van der Waals surface area contributed by atoms with Crippen LogP contribution in [0.2, 0.25) is 5.15 Å². The van der Waals surface area contributed by atoms with Gasteiger partial charge in [-0.05, 0) is 0 Å². The minimum absolute atomic E-state index is 0.0893. The SMILES string of the molecule is CC1CN(c2cnc(C(F)F)c(Cl)n2)CCC1(F)F. The van der Waals surface area contributed by atoms with Gasteiger partial charge in [-0.15, -0.1) is 0 Å². The predicted octanol–water partition coefficient (Wildman–Crippen LogP) is 3.55. The number of rotatable bonds is 2. The molecular formula is C11H12ClF4N3. The van der Waals surface area contributed by atoms with Crippen LogP contribution in [0.5, 0.6) is 0 Å². The van der Waals surface area contributed by atoms with Crippen molar-refractivity contribution < 1.29 is 17.6 Å². The minimum Gasteiger partial charge on any atom is -0.355 e.